The van der Waals surface area contributed by atoms with Crippen LogP contribution in [0.3, 0.4) is 0 Å². The summed E-state index contributed by atoms with van der Waals surface area (Å²) in [5, 5.41) is 20.1. The molecule has 2 heteroatoms. The zero-order chi connectivity index (χ0) is 9.47. The third kappa shape index (κ3) is 1.23. The zero-order valence-corrected chi connectivity index (χ0v) is 8.37. The van der Waals surface area contributed by atoms with Crippen molar-refractivity contribution in [1.82, 2.24) is 0 Å². The van der Waals surface area contributed by atoms with Gasteiger partial charge in [0.2, 0.25) is 0 Å². The van der Waals surface area contributed by atoms with Gasteiger partial charge < -0.3 is 10.2 Å². The van der Waals surface area contributed by atoms with Crippen LogP contribution in [0.2, 0.25) is 0 Å². The summed E-state index contributed by atoms with van der Waals surface area (Å²) in [6.45, 7) is 2.13. The maximum atomic E-state index is 10.1. The van der Waals surface area contributed by atoms with E-state index < -0.39 is 0 Å². The minimum atomic E-state index is -0.241. The van der Waals surface area contributed by atoms with Crippen molar-refractivity contribution in [1.29, 1.82) is 0 Å². The Kier molecular flexibility index (Phi) is 2.37. The average molecular weight is 184 g/mol. The van der Waals surface area contributed by atoms with Gasteiger partial charge in [-0.15, -0.1) is 0 Å². The molecule has 13 heavy (non-hydrogen) atoms. The summed E-state index contributed by atoms with van der Waals surface area (Å²) in [6, 6.07) is 0. The molecule has 0 heterocycles. The molecule has 0 aromatic carbocycles. The normalized spacial score (nSPS) is 50.5. The molecule has 0 unspecified atom stereocenters. The first-order valence-corrected chi connectivity index (χ1v) is 5.57. The van der Waals surface area contributed by atoms with Gasteiger partial charge in [0.1, 0.15) is 0 Å². The molecule has 0 aromatic heterocycles. The van der Waals surface area contributed by atoms with E-state index in [1.807, 2.05) is 0 Å². The quantitative estimate of drug-likeness (QED) is 0.651. The lowest BCUT2D eigenvalue weighted by Gasteiger charge is -2.33. The Morgan fingerprint density at radius 3 is 2.46 bits per heavy atom. The van der Waals surface area contributed by atoms with Crippen LogP contribution >= 0.6 is 0 Å². The molecule has 2 nitrogen and oxygen atoms in total. The van der Waals surface area contributed by atoms with E-state index in [-0.39, 0.29) is 17.6 Å². The van der Waals surface area contributed by atoms with Crippen LogP contribution in [0.25, 0.3) is 0 Å². The van der Waals surface area contributed by atoms with Crippen molar-refractivity contribution in [3.63, 3.8) is 0 Å². The molecule has 0 aromatic rings. The van der Waals surface area contributed by atoms with Crippen molar-refractivity contribution < 1.29 is 10.2 Å². The van der Waals surface area contributed by atoms with Crippen LogP contribution in [0.4, 0.5) is 0 Å². The lowest BCUT2D eigenvalue weighted by atomic mass is 9.79. The van der Waals surface area contributed by atoms with Crippen LogP contribution in [0.15, 0.2) is 0 Å². The van der Waals surface area contributed by atoms with Gasteiger partial charge in [0.15, 0.2) is 0 Å². The molecule has 2 fully saturated rings. The van der Waals surface area contributed by atoms with Crippen molar-refractivity contribution in [2.75, 3.05) is 0 Å². The Hall–Kier alpha value is -0.0800. The van der Waals surface area contributed by atoms with E-state index in [0.29, 0.717) is 5.92 Å². The van der Waals surface area contributed by atoms with E-state index in [9.17, 15) is 10.2 Å². The molecule has 2 saturated carbocycles. The largest absolute Gasteiger partial charge is 0.392 e. The second-order valence-electron chi connectivity index (χ2n) is 4.79. The number of hydrogen-bond acceptors (Lipinski definition) is 2. The number of aliphatic hydroxyl groups excluding tert-OH is 2. The van der Waals surface area contributed by atoms with Crippen molar-refractivity contribution in [3.8, 4) is 0 Å². The summed E-state index contributed by atoms with van der Waals surface area (Å²) in [6.07, 6.45) is 5.74. The van der Waals surface area contributed by atoms with E-state index in [4.69, 9.17) is 0 Å². The Morgan fingerprint density at radius 1 is 1.23 bits per heavy atom. The molecule has 0 saturated heterocycles. The molecule has 2 rings (SSSR count). The maximum Gasteiger partial charge on any atom is 0.0649 e. The molecular formula is C11H20O2. The third-order valence-corrected chi connectivity index (χ3v) is 4.32. The Bertz CT molecular complexity index is 193. The Morgan fingerprint density at radius 2 is 2.00 bits per heavy atom. The van der Waals surface area contributed by atoms with E-state index in [1.165, 1.54) is 0 Å². The molecule has 0 radical (unpaired) electrons. The molecule has 0 amide bonds. The van der Waals surface area contributed by atoms with Crippen molar-refractivity contribution in [3.05, 3.63) is 0 Å². The van der Waals surface area contributed by atoms with Gasteiger partial charge >= 0.3 is 0 Å². The molecule has 2 aliphatic rings. The number of aliphatic hydroxyl groups is 2. The molecule has 1 spiro atoms. The summed E-state index contributed by atoms with van der Waals surface area (Å²) < 4.78 is 0. The van der Waals surface area contributed by atoms with Gasteiger partial charge in [-0.2, -0.15) is 0 Å². The number of rotatable bonds is 1. The second kappa shape index (κ2) is 3.25. The van der Waals surface area contributed by atoms with Gasteiger partial charge in [-0.25, -0.2) is 0 Å². The Labute approximate surface area is 80.0 Å². The van der Waals surface area contributed by atoms with Gasteiger partial charge in [0, 0.05) is 5.41 Å². The zero-order valence-electron chi connectivity index (χ0n) is 8.37. The Balaban J connectivity index is 2.15. The van der Waals surface area contributed by atoms with Crippen LogP contribution < -0.4 is 0 Å². The maximum absolute atomic E-state index is 10.1. The first kappa shape index (κ1) is 9.47. The van der Waals surface area contributed by atoms with Crippen LogP contribution in [0.5, 0.6) is 0 Å². The average Bonchev–Trinajstić information content (AvgIpc) is 2.63. The fraction of sp³-hybridized carbons (Fsp3) is 1.00. The fourth-order valence-corrected chi connectivity index (χ4v) is 3.37. The smallest absolute Gasteiger partial charge is 0.0649 e. The van der Waals surface area contributed by atoms with Gasteiger partial charge in [-0.1, -0.05) is 19.8 Å². The number of hydrogen-bond donors (Lipinski definition) is 2. The van der Waals surface area contributed by atoms with Gasteiger partial charge in [-0.3, -0.25) is 0 Å². The molecular weight excluding hydrogens is 164 g/mol. The van der Waals surface area contributed by atoms with Crippen LogP contribution in [0.1, 0.15) is 45.4 Å². The highest BCUT2D eigenvalue weighted by Crippen LogP contribution is 2.53. The van der Waals surface area contributed by atoms with E-state index in [2.05, 4.69) is 6.92 Å². The van der Waals surface area contributed by atoms with Gasteiger partial charge in [0.05, 0.1) is 12.2 Å². The van der Waals surface area contributed by atoms with Crippen LogP contribution in [-0.2, 0) is 0 Å². The predicted molar refractivity (Wildman–Crippen MR) is 51.3 cm³/mol. The summed E-state index contributed by atoms with van der Waals surface area (Å²) in [5.74, 6) is 0.438. The summed E-state index contributed by atoms with van der Waals surface area (Å²) >= 11 is 0. The summed E-state index contributed by atoms with van der Waals surface area (Å²) in [7, 11) is 0. The summed E-state index contributed by atoms with van der Waals surface area (Å²) in [5.41, 5.74) is -0.110. The molecule has 2 aliphatic carbocycles. The van der Waals surface area contributed by atoms with E-state index in [1.54, 1.807) is 0 Å². The standard InChI is InChI=1S/C11H20O2/c1-2-8-5-7-11(10(8)13)6-3-4-9(11)12/h8-10,12-13H,2-7H2,1H3/t8-,9+,10-,11+/m1/s1. The highest BCUT2D eigenvalue weighted by atomic mass is 16.3. The van der Waals surface area contributed by atoms with Crippen molar-refractivity contribution >= 4 is 0 Å². The monoisotopic (exact) mass is 184 g/mol. The highest BCUT2D eigenvalue weighted by molar-refractivity contribution is 5.03. The topological polar surface area (TPSA) is 40.5 Å². The fourth-order valence-electron chi connectivity index (χ4n) is 3.37. The predicted octanol–water partition coefficient (Wildman–Crippen LogP) is 1.70. The molecule has 76 valence electrons. The lowest BCUT2D eigenvalue weighted by molar-refractivity contribution is -0.0457. The SMILES string of the molecule is CC[C@@H]1CC[C@]2(CCC[C@@H]2O)[C@@H]1O. The lowest BCUT2D eigenvalue weighted by Crippen LogP contribution is -2.39. The first-order chi connectivity index (χ1) is 6.20. The molecule has 4 atom stereocenters. The van der Waals surface area contributed by atoms with E-state index in [0.717, 1.165) is 38.5 Å². The highest BCUT2D eigenvalue weighted by Gasteiger charge is 2.53. The molecule has 0 aliphatic heterocycles. The summed E-state index contributed by atoms with van der Waals surface area (Å²) in [4.78, 5) is 0. The van der Waals surface area contributed by atoms with Gasteiger partial charge in [0.25, 0.3) is 0 Å². The van der Waals surface area contributed by atoms with Crippen molar-refractivity contribution in [2.24, 2.45) is 11.3 Å². The molecule has 2 N–H and O–H groups in total. The van der Waals surface area contributed by atoms with Crippen molar-refractivity contribution in [2.45, 2.75) is 57.7 Å². The minimum absolute atomic E-state index is 0.110. The molecule has 0 bridgehead atoms. The van der Waals surface area contributed by atoms with E-state index >= 15 is 0 Å². The third-order valence-electron chi connectivity index (χ3n) is 4.32. The van der Waals surface area contributed by atoms with Gasteiger partial charge in [-0.05, 0) is 31.6 Å². The van der Waals surface area contributed by atoms with Crippen LogP contribution in [0, 0.1) is 11.3 Å². The van der Waals surface area contributed by atoms with Crippen LogP contribution in [-0.4, -0.2) is 22.4 Å². The first-order valence-electron chi connectivity index (χ1n) is 5.57. The minimum Gasteiger partial charge on any atom is -0.392 e. The second-order valence-corrected chi connectivity index (χ2v) is 4.79.